The van der Waals surface area contributed by atoms with Gasteiger partial charge < -0.3 is 9.16 Å². The molecule has 0 fully saturated rings. The predicted molar refractivity (Wildman–Crippen MR) is 64.1 cm³/mol. The van der Waals surface area contributed by atoms with E-state index < -0.39 is 9.04 Å². The molecule has 0 rings (SSSR count). The van der Waals surface area contributed by atoms with E-state index in [0.29, 0.717) is 5.04 Å². The minimum absolute atomic E-state index is 0.0239. The van der Waals surface area contributed by atoms with Gasteiger partial charge in [0.05, 0.1) is 0 Å². The zero-order valence-electron chi connectivity index (χ0n) is 10.6. The monoisotopic (exact) mass is 218 g/mol. The lowest BCUT2D eigenvalue weighted by molar-refractivity contribution is -0.0817. The molecule has 0 saturated heterocycles. The first-order valence-corrected chi connectivity index (χ1v) is 7.59. The molecule has 0 aliphatic heterocycles. The van der Waals surface area contributed by atoms with E-state index in [4.69, 9.17) is 9.16 Å². The van der Waals surface area contributed by atoms with Crippen LogP contribution in [0.1, 0.15) is 48.0 Å². The average molecular weight is 218 g/mol. The summed E-state index contributed by atoms with van der Waals surface area (Å²) in [5.74, 6) is 0. The van der Waals surface area contributed by atoms with Gasteiger partial charge in [0.2, 0.25) is 0 Å². The van der Waals surface area contributed by atoms with Crippen molar-refractivity contribution in [3.05, 3.63) is 0 Å². The fraction of sp³-hybridized carbons (Fsp3) is 1.00. The summed E-state index contributed by atoms with van der Waals surface area (Å²) in [5, 5.41) is 0.333. The van der Waals surface area contributed by atoms with Crippen LogP contribution in [-0.4, -0.2) is 21.9 Å². The van der Waals surface area contributed by atoms with Crippen LogP contribution in [0.5, 0.6) is 0 Å². The number of hydrogen-bond acceptors (Lipinski definition) is 2. The molecule has 0 aliphatic rings. The Morgan fingerprint density at radius 2 is 1.71 bits per heavy atom. The molecule has 0 aromatic heterocycles. The van der Waals surface area contributed by atoms with Gasteiger partial charge in [0, 0.05) is 6.61 Å². The van der Waals surface area contributed by atoms with Crippen molar-refractivity contribution in [3.63, 3.8) is 0 Å². The van der Waals surface area contributed by atoms with Crippen LogP contribution in [0.2, 0.25) is 11.1 Å². The first-order valence-electron chi connectivity index (χ1n) is 5.72. The standard InChI is InChI=1S/C11H26O2Si/c1-7-10(12-8-2)13-14(9-3)11(4,5)6/h10,14H,7-9H2,1-6H3. The van der Waals surface area contributed by atoms with Crippen molar-refractivity contribution in [2.75, 3.05) is 6.61 Å². The zero-order chi connectivity index (χ0) is 11.2. The van der Waals surface area contributed by atoms with Crippen LogP contribution >= 0.6 is 0 Å². The molecular formula is C11H26O2Si. The van der Waals surface area contributed by atoms with Crippen LogP contribution < -0.4 is 0 Å². The highest BCUT2D eigenvalue weighted by Crippen LogP contribution is 2.30. The van der Waals surface area contributed by atoms with E-state index in [1.165, 1.54) is 6.04 Å². The highest BCUT2D eigenvalue weighted by molar-refractivity contribution is 6.55. The molecule has 0 N–H and O–H groups in total. The normalized spacial score (nSPS) is 16.7. The quantitative estimate of drug-likeness (QED) is 0.503. The fourth-order valence-corrected chi connectivity index (χ4v) is 4.00. The summed E-state index contributed by atoms with van der Waals surface area (Å²) in [6, 6.07) is 1.17. The van der Waals surface area contributed by atoms with Crippen LogP contribution in [0.4, 0.5) is 0 Å². The van der Waals surface area contributed by atoms with Crippen LogP contribution in [0.15, 0.2) is 0 Å². The summed E-state index contributed by atoms with van der Waals surface area (Å²) in [4.78, 5) is 0. The minimum Gasteiger partial charge on any atom is -0.395 e. The Morgan fingerprint density at radius 3 is 2.00 bits per heavy atom. The van der Waals surface area contributed by atoms with Gasteiger partial charge in [-0.25, -0.2) is 0 Å². The zero-order valence-corrected chi connectivity index (χ0v) is 11.7. The summed E-state index contributed by atoms with van der Waals surface area (Å²) >= 11 is 0. The third-order valence-electron chi connectivity index (χ3n) is 2.34. The van der Waals surface area contributed by atoms with Crippen molar-refractivity contribution in [2.45, 2.75) is 65.3 Å². The van der Waals surface area contributed by atoms with E-state index >= 15 is 0 Å². The van der Waals surface area contributed by atoms with Gasteiger partial charge in [0.15, 0.2) is 9.04 Å². The molecule has 14 heavy (non-hydrogen) atoms. The maximum atomic E-state index is 6.07. The second-order valence-corrected chi connectivity index (χ2v) is 8.49. The van der Waals surface area contributed by atoms with Gasteiger partial charge in [-0.05, 0) is 24.4 Å². The number of ether oxygens (including phenoxy) is 1. The van der Waals surface area contributed by atoms with Gasteiger partial charge in [-0.1, -0.05) is 34.6 Å². The smallest absolute Gasteiger partial charge is 0.185 e. The van der Waals surface area contributed by atoms with Crippen LogP contribution in [0.3, 0.4) is 0 Å². The Morgan fingerprint density at radius 1 is 1.14 bits per heavy atom. The van der Waals surface area contributed by atoms with Crippen molar-refractivity contribution in [2.24, 2.45) is 0 Å². The van der Waals surface area contributed by atoms with Gasteiger partial charge in [0.1, 0.15) is 6.29 Å². The van der Waals surface area contributed by atoms with E-state index in [1.807, 2.05) is 6.92 Å². The van der Waals surface area contributed by atoms with Gasteiger partial charge in [-0.15, -0.1) is 0 Å². The van der Waals surface area contributed by atoms with Crippen molar-refractivity contribution >= 4 is 9.04 Å². The predicted octanol–water partition coefficient (Wildman–Crippen LogP) is 3.32. The van der Waals surface area contributed by atoms with E-state index in [0.717, 1.165) is 13.0 Å². The van der Waals surface area contributed by atoms with Gasteiger partial charge in [-0.2, -0.15) is 0 Å². The fourth-order valence-electron chi connectivity index (χ4n) is 1.54. The molecular weight excluding hydrogens is 192 g/mol. The SMILES string of the molecule is CCOC(CC)O[SiH](CC)C(C)(C)C. The topological polar surface area (TPSA) is 18.5 Å². The Bertz CT molecular complexity index is 143. The lowest BCUT2D eigenvalue weighted by atomic mass is 10.2. The van der Waals surface area contributed by atoms with Crippen molar-refractivity contribution in [1.29, 1.82) is 0 Å². The maximum Gasteiger partial charge on any atom is 0.185 e. The van der Waals surface area contributed by atoms with Crippen molar-refractivity contribution in [3.8, 4) is 0 Å². The first kappa shape index (κ1) is 14.1. The van der Waals surface area contributed by atoms with Gasteiger partial charge >= 0.3 is 0 Å². The first-order chi connectivity index (χ1) is 6.45. The number of rotatable bonds is 6. The molecule has 86 valence electrons. The maximum absolute atomic E-state index is 6.07. The Balaban J connectivity index is 4.14. The van der Waals surface area contributed by atoms with E-state index in [2.05, 4.69) is 34.6 Å². The molecule has 0 spiro atoms. The summed E-state index contributed by atoms with van der Waals surface area (Å²) in [6.07, 6.45) is 0.976. The molecule has 0 bridgehead atoms. The third kappa shape index (κ3) is 5.13. The second-order valence-electron chi connectivity index (χ2n) is 4.69. The van der Waals surface area contributed by atoms with Crippen LogP contribution in [0.25, 0.3) is 0 Å². The molecule has 0 aliphatic carbocycles. The number of hydrogen-bond donors (Lipinski definition) is 0. The van der Waals surface area contributed by atoms with Gasteiger partial charge in [-0.3, -0.25) is 0 Å². The van der Waals surface area contributed by atoms with Gasteiger partial charge in [0.25, 0.3) is 0 Å². The molecule has 0 saturated carbocycles. The Hall–Kier alpha value is 0.137. The lowest BCUT2D eigenvalue weighted by Crippen LogP contribution is -2.34. The summed E-state index contributed by atoms with van der Waals surface area (Å²) < 4.78 is 11.6. The van der Waals surface area contributed by atoms with E-state index in [9.17, 15) is 0 Å². The van der Waals surface area contributed by atoms with E-state index in [1.54, 1.807) is 0 Å². The average Bonchev–Trinajstić information content (AvgIpc) is 2.10. The van der Waals surface area contributed by atoms with Crippen LogP contribution in [0, 0.1) is 0 Å². The summed E-state index contributed by atoms with van der Waals surface area (Å²) in [5.41, 5.74) is 0. The van der Waals surface area contributed by atoms with E-state index in [-0.39, 0.29) is 6.29 Å². The third-order valence-corrected chi connectivity index (χ3v) is 5.64. The summed E-state index contributed by atoms with van der Waals surface area (Å²) in [7, 11) is -1.13. The Kier molecular flexibility index (Phi) is 6.65. The molecule has 2 atom stereocenters. The molecule has 3 heteroatoms. The molecule has 0 amide bonds. The molecule has 2 nitrogen and oxygen atoms in total. The molecule has 0 aromatic carbocycles. The minimum atomic E-state index is -1.13. The van der Waals surface area contributed by atoms with Crippen molar-refractivity contribution in [1.82, 2.24) is 0 Å². The molecule has 0 aromatic rings. The lowest BCUT2D eigenvalue weighted by Gasteiger charge is -2.31. The second kappa shape index (κ2) is 6.59. The summed E-state index contributed by atoms with van der Waals surface area (Å²) in [6.45, 7) is 13.9. The molecule has 2 unspecified atom stereocenters. The van der Waals surface area contributed by atoms with Crippen LogP contribution in [-0.2, 0) is 9.16 Å². The molecule has 0 heterocycles. The highest BCUT2D eigenvalue weighted by Gasteiger charge is 2.28. The Labute approximate surface area is 90.7 Å². The highest BCUT2D eigenvalue weighted by atomic mass is 28.3. The largest absolute Gasteiger partial charge is 0.395 e. The molecule has 0 radical (unpaired) electrons. The van der Waals surface area contributed by atoms with Crippen molar-refractivity contribution < 1.29 is 9.16 Å².